The normalized spacial score (nSPS) is 11.0. The second-order valence-corrected chi connectivity index (χ2v) is 6.18. The predicted molar refractivity (Wildman–Crippen MR) is 91.0 cm³/mol. The Morgan fingerprint density at radius 3 is 3.00 bits per heavy atom. The number of hydrogen-bond donors (Lipinski definition) is 2. The minimum atomic E-state index is -0.271. The number of aromatic nitrogens is 1. The van der Waals surface area contributed by atoms with Crippen molar-refractivity contribution in [1.29, 1.82) is 0 Å². The molecular weight excluding hydrogens is 315 g/mol. The topological polar surface area (TPSA) is 58.3 Å². The standard InChI is InChI=1S/C17H17FN2O2S/c18-14-1-2-16-13(8-14)9-15(22-16)10-20-17-7-12(3-4-19-17)11-23-6-5-21/h1-4,7-9,21H,5-6,10-11H2,(H,19,20). The number of fused-ring (bicyclic) bond motifs is 1. The first-order valence-electron chi connectivity index (χ1n) is 7.30. The maximum Gasteiger partial charge on any atom is 0.134 e. The molecule has 6 heteroatoms. The number of rotatable bonds is 7. The van der Waals surface area contributed by atoms with E-state index in [0.29, 0.717) is 12.1 Å². The number of halogens is 1. The molecule has 0 saturated carbocycles. The molecule has 2 N–H and O–H groups in total. The summed E-state index contributed by atoms with van der Waals surface area (Å²) < 4.78 is 18.8. The summed E-state index contributed by atoms with van der Waals surface area (Å²) >= 11 is 1.67. The molecule has 0 spiro atoms. The molecule has 0 aliphatic rings. The van der Waals surface area contributed by atoms with E-state index in [2.05, 4.69) is 10.3 Å². The molecule has 0 fully saturated rings. The van der Waals surface area contributed by atoms with Gasteiger partial charge in [0.2, 0.25) is 0 Å². The first-order chi connectivity index (χ1) is 11.2. The summed E-state index contributed by atoms with van der Waals surface area (Å²) in [6, 6.07) is 10.2. The average molecular weight is 332 g/mol. The number of benzene rings is 1. The van der Waals surface area contributed by atoms with Crippen molar-refractivity contribution in [3.63, 3.8) is 0 Å². The average Bonchev–Trinajstić information content (AvgIpc) is 2.96. The molecule has 0 bridgehead atoms. The molecule has 23 heavy (non-hydrogen) atoms. The van der Waals surface area contributed by atoms with Crippen molar-refractivity contribution in [3.8, 4) is 0 Å². The van der Waals surface area contributed by atoms with Crippen LogP contribution in [-0.4, -0.2) is 22.5 Å². The number of nitrogens with one attached hydrogen (secondary N) is 1. The molecule has 120 valence electrons. The van der Waals surface area contributed by atoms with Crippen LogP contribution in [0.3, 0.4) is 0 Å². The number of aliphatic hydroxyl groups excluding tert-OH is 1. The van der Waals surface area contributed by atoms with Crippen molar-refractivity contribution in [2.24, 2.45) is 0 Å². The quantitative estimate of drug-likeness (QED) is 0.645. The van der Waals surface area contributed by atoms with Crippen molar-refractivity contribution in [2.75, 3.05) is 17.7 Å². The van der Waals surface area contributed by atoms with Gasteiger partial charge in [-0.3, -0.25) is 0 Å². The van der Waals surface area contributed by atoms with Gasteiger partial charge in [-0.05, 0) is 42.0 Å². The zero-order valence-corrected chi connectivity index (χ0v) is 13.3. The van der Waals surface area contributed by atoms with E-state index in [1.165, 1.54) is 12.1 Å². The Bertz CT molecular complexity index is 791. The van der Waals surface area contributed by atoms with Gasteiger partial charge in [0.1, 0.15) is 23.0 Å². The lowest BCUT2D eigenvalue weighted by molar-refractivity contribution is 0.322. The molecule has 2 aromatic heterocycles. The van der Waals surface area contributed by atoms with Crippen LogP contribution in [-0.2, 0) is 12.3 Å². The lowest BCUT2D eigenvalue weighted by Crippen LogP contribution is -2.00. The van der Waals surface area contributed by atoms with Crippen LogP contribution in [0.15, 0.2) is 47.0 Å². The van der Waals surface area contributed by atoms with Crippen LogP contribution >= 0.6 is 11.8 Å². The Morgan fingerprint density at radius 2 is 2.13 bits per heavy atom. The van der Waals surface area contributed by atoms with Crippen molar-refractivity contribution >= 4 is 28.5 Å². The number of thioether (sulfide) groups is 1. The van der Waals surface area contributed by atoms with Gasteiger partial charge in [0, 0.05) is 23.1 Å². The highest BCUT2D eigenvalue weighted by atomic mass is 32.2. The van der Waals surface area contributed by atoms with Crippen LogP contribution in [0, 0.1) is 5.82 Å². The highest BCUT2D eigenvalue weighted by molar-refractivity contribution is 7.98. The summed E-state index contributed by atoms with van der Waals surface area (Å²) in [6.07, 6.45) is 1.76. The summed E-state index contributed by atoms with van der Waals surface area (Å²) in [7, 11) is 0. The third kappa shape index (κ3) is 4.24. The van der Waals surface area contributed by atoms with E-state index < -0.39 is 0 Å². The molecular formula is C17H17FN2O2S. The molecule has 0 amide bonds. The highest BCUT2D eigenvalue weighted by Gasteiger charge is 2.05. The number of pyridine rings is 1. The summed E-state index contributed by atoms with van der Waals surface area (Å²) in [5.41, 5.74) is 1.82. The molecule has 3 aromatic rings. The SMILES string of the molecule is OCCSCc1ccnc(NCc2cc3cc(F)ccc3o2)c1. The van der Waals surface area contributed by atoms with Gasteiger partial charge in [0.15, 0.2) is 0 Å². The number of anilines is 1. The zero-order chi connectivity index (χ0) is 16.1. The third-order valence-electron chi connectivity index (χ3n) is 3.30. The van der Waals surface area contributed by atoms with Gasteiger partial charge in [-0.2, -0.15) is 11.8 Å². The van der Waals surface area contributed by atoms with E-state index in [4.69, 9.17) is 9.52 Å². The summed E-state index contributed by atoms with van der Waals surface area (Å²) in [6.45, 7) is 0.671. The summed E-state index contributed by atoms with van der Waals surface area (Å²) in [5, 5.41) is 12.8. The van der Waals surface area contributed by atoms with Gasteiger partial charge in [-0.1, -0.05) is 0 Å². The van der Waals surface area contributed by atoms with Crippen LogP contribution in [0.25, 0.3) is 11.0 Å². The summed E-state index contributed by atoms with van der Waals surface area (Å²) in [4.78, 5) is 4.28. The minimum absolute atomic E-state index is 0.188. The van der Waals surface area contributed by atoms with Crippen molar-refractivity contribution in [2.45, 2.75) is 12.3 Å². The van der Waals surface area contributed by atoms with Gasteiger partial charge in [-0.15, -0.1) is 0 Å². The lowest BCUT2D eigenvalue weighted by Gasteiger charge is -2.06. The van der Waals surface area contributed by atoms with Crippen LogP contribution < -0.4 is 5.32 Å². The number of hydrogen-bond acceptors (Lipinski definition) is 5. The van der Waals surface area contributed by atoms with Crippen molar-refractivity contribution < 1.29 is 13.9 Å². The highest BCUT2D eigenvalue weighted by Crippen LogP contribution is 2.21. The maximum atomic E-state index is 13.2. The fourth-order valence-corrected chi connectivity index (χ4v) is 2.94. The van der Waals surface area contributed by atoms with Gasteiger partial charge in [0.05, 0.1) is 13.2 Å². The maximum absolute atomic E-state index is 13.2. The smallest absolute Gasteiger partial charge is 0.134 e. The van der Waals surface area contributed by atoms with Crippen LogP contribution in [0.5, 0.6) is 0 Å². The van der Waals surface area contributed by atoms with Crippen LogP contribution in [0.2, 0.25) is 0 Å². The second kappa shape index (κ2) is 7.48. The van der Waals surface area contributed by atoms with Crippen molar-refractivity contribution in [3.05, 3.63) is 59.7 Å². The molecule has 0 saturated heterocycles. The first-order valence-corrected chi connectivity index (χ1v) is 8.45. The van der Waals surface area contributed by atoms with E-state index in [1.54, 1.807) is 24.0 Å². The molecule has 1 aromatic carbocycles. The minimum Gasteiger partial charge on any atom is -0.459 e. The Hall–Kier alpha value is -2.05. The number of nitrogens with zero attached hydrogens (tertiary/aromatic N) is 1. The zero-order valence-electron chi connectivity index (χ0n) is 12.5. The fourth-order valence-electron chi connectivity index (χ4n) is 2.25. The summed E-state index contributed by atoms with van der Waals surface area (Å²) in [5.74, 6) is 2.78. The van der Waals surface area contributed by atoms with Crippen molar-refractivity contribution in [1.82, 2.24) is 4.98 Å². The van der Waals surface area contributed by atoms with E-state index >= 15 is 0 Å². The Balaban J connectivity index is 1.63. The Labute approximate surface area is 137 Å². The number of furan rings is 1. The van der Waals surface area contributed by atoms with E-state index in [0.717, 1.165) is 34.0 Å². The van der Waals surface area contributed by atoms with E-state index in [9.17, 15) is 4.39 Å². The van der Waals surface area contributed by atoms with E-state index in [1.807, 2.05) is 18.2 Å². The van der Waals surface area contributed by atoms with Gasteiger partial charge >= 0.3 is 0 Å². The van der Waals surface area contributed by atoms with Gasteiger partial charge < -0.3 is 14.8 Å². The Kier molecular flexibility index (Phi) is 5.15. The molecule has 0 aliphatic carbocycles. The largest absolute Gasteiger partial charge is 0.459 e. The van der Waals surface area contributed by atoms with Gasteiger partial charge in [-0.25, -0.2) is 9.37 Å². The molecule has 0 unspecified atom stereocenters. The molecule has 4 nitrogen and oxygen atoms in total. The molecule has 2 heterocycles. The molecule has 0 radical (unpaired) electrons. The van der Waals surface area contributed by atoms with E-state index in [-0.39, 0.29) is 12.4 Å². The first kappa shape index (κ1) is 15.8. The molecule has 3 rings (SSSR count). The van der Waals surface area contributed by atoms with Gasteiger partial charge in [0.25, 0.3) is 0 Å². The van der Waals surface area contributed by atoms with Crippen LogP contribution in [0.4, 0.5) is 10.2 Å². The molecule has 0 aliphatic heterocycles. The van der Waals surface area contributed by atoms with Crippen LogP contribution in [0.1, 0.15) is 11.3 Å². The second-order valence-electron chi connectivity index (χ2n) is 5.07. The predicted octanol–water partition coefficient (Wildman–Crippen LogP) is 3.80. The number of aliphatic hydroxyl groups is 1. The fraction of sp³-hybridized carbons (Fsp3) is 0.235. The monoisotopic (exact) mass is 332 g/mol. The third-order valence-corrected chi connectivity index (χ3v) is 4.31. The Morgan fingerprint density at radius 1 is 1.22 bits per heavy atom. The molecule has 0 atom stereocenters. The lowest BCUT2D eigenvalue weighted by atomic mass is 10.2.